The maximum absolute atomic E-state index is 4.39. The van der Waals surface area contributed by atoms with Crippen molar-refractivity contribution >= 4 is 17.1 Å². The Bertz CT molecular complexity index is 594. The zero-order chi connectivity index (χ0) is 13.9. The lowest BCUT2D eigenvalue weighted by Gasteiger charge is -2.25. The SMILES string of the molecule is CCCNc1cncc(N2c3ccccc3CC2C)c1. The largest absolute Gasteiger partial charge is 0.384 e. The van der Waals surface area contributed by atoms with Crippen LogP contribution in [0.5, 0.6) is 0 Å². The van der Waals surface area contributed by atoms with Gasteiger partial charge >= 0.3 is 0 Å². The quantitative estimate of drug-likeness (QED) is 0.908. The monoisotopic (exact) mass is 267 g/mol. The lowest BCUT2D eigenvalue weighted by atomic mass is 10.1. The third kappa shape index (κ3) is 2.36. The molecule has 0 bridgehead atoms. The molecule has 1 atom stereocenters. The first-order chi connectivity index (χ1) is 9.79. The average molecular weight is 267 g/mol. The van der Waals surface area contributed by atoms with E-state index in [0.717, 1.165) is 25.1 Å². The first kappa shape index (κ1) is 13.0. The Morgan fingerprint density at radius 2 is 2.15 bits per heavy atom. The summed E-state index contributed by atoms with van der Waals surface area (Å²) < 4.78 is 0. The summed E-state index contributed by atoms with van der Waals surface area (Å²) in [7, 11) is 0. The predicted molar refractivity (Wildman–Crippen MR) is 84.8 cm³/mol. The number of fused-ring (bicyclic) bond motifs is 1. The van der Waals surface area contributed by atoms with E-state index in [1.54, 1.807) is 0 Å². The molecule has 3 nitrogen and oxygen atoms in total. The average Bonchev–Trinajstić information content (AvgIpc) is 2.81. The molecule has 0 radical (unpaired) electrons. The van der Waals surface area contributed by atoms with Gasteiger partial charge < -0.3 is 10.2 Å². The van der Waals surface area contributed by atoms with Crippen LogP contribution >= 0.6 is 0 Å². The van der Waals surface area contributed by atoms with Crippen molar-refractivity contribution in [1.29, 1.82) is 0 Å². The van der Waals surface area contributed by atoms with Gasteiger partial charge in [0.2, 0.25) is 0 Å². The van der Waals surface area contributed by atoms with Crippen molar-refractivity contribution in [2.24, 2.45) is 0 Å². The molecule has 1 aliphatic rings. The summed E-state index contributed by atoms with van der Waals surface area (Å²) in [6, 6.07) is 11.3. The molecule has 1 aromatic heterocycles. The van der Waals surface area contributed by atoms with Gasteiger partial charge in [-0.15, -0.1) is 0 Å². The molecule has 104 valence electrons. The van der Waals surface area contributed by atoms with Crippen LogP contribution in [-0.2, 0) is 6.42 Å². The number of pyridine rings is 1. The van der Waals surface area contributed by atoms with Crippen LogP contribution < -0.4 is 10.2 Å². The highest BCUT2D eigenvalue weighted by molar-refractivity contribution is 5.72. The molecule has 1 N–H and O–H groups in total. The van der Waals surface area contributed by atoms with E-state index in [1.165, 1.54) is 16.9 Å². The first-order valence-corrected chi connectivity index (χ1v) is 7.35. The van der Waals surface area contributed by atoms with E-state index in [1.807, 2.05) is 12.4 Å². The van der Waals surface area contributed by atoms with Crippen LogP contribution in [0.2, 0.25) is 0 Å². The fourth-order valence-electron chi connectivity index (χ4n) is 2.88. The van der Waals surface area contributed by atoms with Crippen molar-refractivity contribution in [3.8, 4) is 0 Å². The molecule has 3 heteroatoms. The maximum atomic E-state index is 4.39. The Labute approximate surface area is 120 Å². The Morgan fingerprint density at radius 3 is 3.00 bits per heavy atom. The highest BCUT2D eigenvalue weighted by Crippen LogP contribution is 2.38. The van der Waals surface area contributed by atoms with Crippen molar-refractivity contribution in [2.45, 2.75) is 32.7 Å². The molecule has 0 amide bonds. The van der Waals surface area contributed by atoms with Gasteiger partial charge in [-0.25, -0.2) is 0 Å². The van der Waals surface area contributed by atoms with Crippen LogP contribution in [0.25, 0.3) is 0 Å². The van der Waals surface area contributed by atoms with E-state index in [9.17, 15) is 0 Å². The molecule has 2 heterocycles. The Hall–Kier alpha value is -2.03. The molecular formula is C17H21N3. The summed E-state index contributed by atoms with van der Waals surface area (Å²) in [5.41, 5.74) is 5.01. The van der Waals surface area contributed by atoms with Gasteiger partial charge in [-0.05, 0) is 37.5 Å². The lowest BCUT2D eigenvalue weighted by Crippen LogP contribution is -2.24. The summed E-state index contributed by atoms with van der Waals surface area (Å²) in [5, 5.41) is 3.41. The number of hydrogen-bond donors (Lipinski definition) is 1. The summed E-state index contributed by atoms with van der Waals surface area (Å²) in [6.45, 7) is 5.42. The number of para-hydroxylation sites is 1. The standard InChI is InChI=1S/C17H21N3/c1-3-8-19-15-10-16(12-18-11-15)20-13(2)9-14-6-4-5-7-17(14)20/h4-7,10-13,19H,3,8-9H2,1-2H3. The second kappa shape index (κ2) is 5.53. The van der Waals surface area contributed by atoms with E-state index in [0.29, 0.717) is 6.04 Å². The molecule has 0 saturated carbocycles. The Kier molecular flexibility index (Phi) is 3.59. The predicted octanol–water partition coefficient (Wildman–Crippen LogP) is 3.99. The summed E-state index contributed by atoms with van der Waals surface area (Å²) in [4.78, 5) is 6.77. The van der Waals surface area contributed by atoms with Crippen molar-refractivity contribution in [1.82, 2.24) is 4.98 Å². The molecule has 1 aliphatic heterocycles. The van der Waals surface area contributed by atoms with Crippen LogP contribution in [-0.4, -0.2) is 17.6 Å². The van der Waals surface area contributed by atoms with E-state index in [-0.39, 0.29) is 0 Å². The van der Waals surface area contributed by atoms with Gasteiger partial charge in [0, 0.05) is 18.3 Å². The third-order valence-corrected chi connectivity index (χ3v) is 3.79. The minimum Gasteiger partial charge on any atom is -0.384 e. The molecular weight excluding hydrogens is 246 g/mol. The molecule has 0 aliphatic carbocycles. The Balaban J connectivity index is 1.93. The van der Waals surface area contributed by atoms with Gasteiger partial charge in [0.05, 0.1) is 23.8 Å². The molecule has 0 saturated heterocycles. The number of rotatable bonds is 4. The van der Waals surface area contributed by atoms with Crippen LogP contribution in [0.15, 0.2) is 42.7 Å². The van der Waals surface area contributed by atoms with Gasteiger partial charge in [-0.2, -0.15) is 0 Å². The Morgan fingerprint density at radius 1 is 1.30 bits per heavy atom. The van der Waals surface area contributed by atoms with Gasteiger partial charge in [0.15, 0.2) is 0 Å². The second-order valence-electron chi connectivity index (χ2n) is 5.41. The normalized spacial score (nSPS) is 17.1. The molecule has 3 rings (SSSR count). The number of anilines is 3. The molecule has 1 aromatic carbocycles. The van der Waals surface area contributed by atoms with Crippen LogP contribution in [0, 0.1) is 0 Å². The van der Waals surface area contributed by atoms with E-state index in [4.69, 9.17) is 0 Å². The molecule has 0 spiro atoms. The first-order valence-electron chi connectivity index (χ1n) is 7.35. The molecule has 20 heavy (non-hydrogen) atoms. The fourth-order valence-corrected chi connectivity index (χ4v) is 2.88. The van der Waals surface area contributed by atoms with Gasteiger partial charge in [0.1, 0.15) is 0 Å². The van der Waals surface area contributed by atoms with Gasteiger partial charge in [-0.3, -0.25) is 4.98 Å². The van der Waals surface area contributed by atoms with Crippen molar-refractivity contribution < 1.29 is 0 Å². The highest BCUT2D eigenvalue weighted by Gasteiger charge is 2.26. The van der Waals surface area contributed by atoms with E-state index < -0.39 is 0 Å². The topological polar surface area (TPSA) is 28.2 Å². The highest BCUT2D eigenvalue weighted by atomic mass is 15.2. The van der Waals surface area contributed by atoms with Gasteiger partial charge in [0.25, 0.3) is 0 Å². The zero-order valence-corrected chi connectivity index (χ0v) is 12.1. The number of aromatic nitrogens is 1. The molecule has 0 fully saturated rings. The van der Waals surface area contributed by atoms with E-state index in [2.05, 4.69) is 59.4 Å². The summed E-state index contributed by atoms with van der Waals surface area (Å²) in [6.07, 6.45) is 6.07. The third-order valence-electron chi connectivity index (χ3n) is 3.79. The number of nitrogens with zero attached hydrogens (tertiary/aromatic N) is 2. The van der Waals surface area contributed by atoms with Gasteiger partial charge in [-0.1, -0.05) is 25.1 Å². The summed E-state index contributed by atoms with van der Waals surface area (Å²) >= 11 is 0. The van der Waals surface area contributed by atoms with Crippen LogP contribution in [0.1, 0.15) is 25.8 Å². The number of benzene rings is 1. The van der Waals surface area contributed by atoms with E-state index >= 15 is 0 Å². The lowest BCUT2D eigenvalue weighted by molar-refractivity contribution is 0.757. The van der Waals surface area contributed by atoms with Crippen molar-refractivity contribution in [2.75, 3.05) is 16.8 Å². The minimum atomic E-state index is 0.482. The minimum absolute atomic E-state index is 0.482. The number of hydrogen-bond acceptors (Lipinski definition) is 3. The smallest absolute Gasteiger partial charge is 0.0620 e. The van der Waals surface area contributed by atoms with Crippen molar-refractivity contribution in [3.63, 3.8) is 0 Å². The summed E-state index contributed by atoms with van der Waals surface area (Å²) in [5.74, 6) is 0. The zero-order valence-electron chi connectivity index (χ0n) is 12.1. The van der Waals surface area contributed by atoms with Crippen molar-refractivity contribution in [3.05, 3.63) is 48.3 Å². The molecule has 2 aromatic rings. The van der Waals surface area contributed by atoms with Crippen LogP contribution in [0.3, 0.4) is 0 Å². The fraction of sp³-hybridized carbons (Fsp3) is 0.353. The molecule has 1 unspecified atom stereocenters. The second-order valence-corrected chi connectivity index (χ2v) is 5.41. The van der Waals surface area contributed by atoms with Crippen LogP contribution in [0.4, 0.5) is 17.1 Å². The number of nitrogens with one attached hydrogen (secondary N) is 1. The maximum Gasteiger partial charge on any atom is 0.0620 e.